The lowest BCUT2D eigenvalue weighted by Crippen LogP contribution is -1.92. The lowest BCUT2D eigenvalue weighted by atomic mass is 10.1. The third-order valence-electron chi connectivity index (χ3n) is 1.89. The predicted molar refractivity (Wildman–Crippen MR) is 54.1 cm³/mol. The zero-order chi connectivity index (χ0) is 9.26. The van der Waals surface area contributed by atoms with Crippen LogP contribution in [0.3, 0.4) is 0 Å². The van der Waals surface area contributed by atoms with Gasteiger partial charge >= 0.3 is 0 Å². The molecule has 1 heterocycles. The number of rotatable bonds is 1. The quantitative estimate of drug-likeness (QED) is 0.692. The summed E-state index contributed by atoms with van der Waals surface area (Å²) in [4.78, 5) is 0. The molecule has 2 N–H and O–H groups in total. The average Bonchev–Trinajstić information content (AvgIpc) is 2.62. The highest BCUT2D eigenvalue weighted by atomic mass is 32.1. The van der Waals surface area contributed by atoms with E-state index in [-0.39, 0.29) is 11.5 Å². The van der Waals surface area contributed by atoms with E-state index in [1.54, 1.807) is 17.4 Å². The predicted octanol–water partition coefficient (Wildman–Crippen LogP) is 3.14. The monoisotopic (exact) mass is 193 g/mol. The van der Waals surface area contributed by atoms with Crippen LogP contribution in [0.1, 0.15) is 0 Å². The van der Waals surface area contributed by atoms with Crippen LogP contribution in [0, 0.1) is 5.82 Å². The molecule has 0 radical (unpaired) electrons. The van der Waals surface area contributed by atoms with E-state index in [9.17, 15) is 4.39 Å². The van der Waals surface area contributed by atoms with Crippen molar-refractivity contribution in [3.63, 3.8) is 0 Å². The molecule has 0 spiro atoms. The van der Waals surface area contributed by atoms with E-state index < -0.39 is 0 Å². The van der Waals surface area contributed by atoms with Gasteiger partial charge in [0.1, 0.15) is 5.82 Å². The van der Waals surface area contributed by atoms with Crippen molar-refractivity contribution >= 4 is 17.0 Å². The number of nitrogen functional groups attached to an aromatic ring is 1. The van der Waals surface area contributed by atoms with Crippen LogP contribution in [0.15, 0.2) is 35.0 Å². The number of hydrogen-bond donors (Lipinski definition) is 1. The maximum Gasteiger partial charge on any atom is 0.146 e. The van der Waals surface area contributed by atoms with E-state index in [4.69, 9.17) is 5.73 Å². The number of para-hydroxylation sites is 1. The molecule has 66 valence electrons. The van der Waals surface area contributed by atoms with E-state index in [1.807, 2.05) is 22.9 Å². The van der Waals surface area contributed by atoms with Crippen LogP contribution in [0.5, 0.6) is 0 Å². The molecular formula is C10H8FNS. The number of halogens is 1. The van der Waals surface area contributed by atoms with Gasteiger partial charge in [0, 0.05) is 5.56 Å². The summed E-state index contributed by atoms with van der Waals surface area (Å²) in [5.74, 6) is -0.358. The molecule has 2 rings (SSSR count). The third kappa shape index (κ3) is 1.42. The second-order valence-electron chi connectivity index (χ2n) is 2.71. The summed E-state index contributed by atoms with van der Waals surface area (Å²) < 4.78 is 13.0. The minimum atomic E-state index is -0.358. The summed E-state index contributed by atoms with van der Waals surface area (Å²) in [6.07, 6.45) is 0. The molecule has 0 aliphatic heterocycles. The fourth-order valence-electron chi connectivity index (χ4n) is 1.21. The topological polar surface area (TPSA) is 26.0 Å². The Balaban J connectivity index is 2.59. The van der Waals surface area contributed by atoms with Gasteiger partial charge in [-0.1, -0.05) is 12.1 Å². The van der Waals surface area contributed by atoms with E-state index in [0.29, 0.717) is 0 Å². The summed E-state index contributed by atoms with van der Waals surface area (Å²) >= 11 is 1.57. The third-order valence-corrected chi connectivity index (χ3v) is 2.57. The van der Waals surface area contributed by atoms with Gasteiger partial charge in [-0.3, -0.25) is 0 Å². The number of anilines is 1. The highest BCUT2D eigenvalue weighted by Crippen LogP contribution is 2.28. The van der Waals surface area contributed by atoms with Crippen LogP contribution in [0.4, 0.5) is 10.1 Å². The van der Waals surface area contributed by atoms with Gasteiger partial charge in [-0.05, 0) is 28.5 Å². The zero-order valence-electron chi connectivity index (χ0n) is 6.83. The Morgan fingerprint density at radius 3 is 2.77 bits per heavy atom. The van der Waals surface area contributed by atoms with E-state index in [2.05, 4.69) is 0 Å². The minimum Gasteiger partial charge on any atom is -0.396 e. The Morgan fingerprint density at radius 2 is 2.08 bits per heavy atom. The van der Waals surface area contributed by atoms with Crippen molar-refractivity contribution in [3.05, 3.63) is 40.8 Å². The van der Waals surface area contributed by atoms with Crippen LogP contribution in [0.25, 0.3) is 11.1 Å². The van der Waals surface area contributed by atoms with Gasteiger partial charge in [-0.2, -0.15) is 11.3 Å². The number of nitrogens with two attached hydrogens (primary N) is 1. The van der Waals surface area contributed by atoms with Crippen molar-refractivity contribution in [2.75, 3.05) is 5.73 Å². The van der Waals surface area contributed by atoms with Crippen molar-refractivity contribution < 1.29 is 4.39 Å². The number of thiophene rings is 1. The summed E-state index contributed by atoms with van der Waals surface area (Å²) in [5.41, 5.74) is 7.57. The first-order valence-electron chi connectivity index (χ1n) is 3.85. The highest BCUT2D eigenvalue weighted by Gasteiger charge is 2.05. The molecule has 0 aliphatic rings. The van der Waals surface area contributed by atoms with E-state index >= 15 is 0 Å². The molecule has 1 aromatic carbocycles. The Labute approximate surface area is 79.6 Å². The molecule has 0 unspecified atom stereocenters. The molecule has 0 saturated heterocycles. The van der Waals surface area contributed by atoms with Crippen LogP contribution < -0.4 is 5.73 Å². The molecule has 0 amide bonds. The second-order valence-corrected chi connectivity index (χ2v) is 3.49. The molecule has 0 aliphatic carbocycles. The molecule has 0 bridgehead atoms. The van der Waals surface area contributed by atoms with Gasteiger partial charge in [-0.25, -0.2) is 4.39 Å². The normalized spacial score (nSPS) is 10.2. The first-order chi connectivity index (χ1) is 6.29. The van der Waals surface area contributed by atoms with Crippen molar-refractivity contribution in [2.45, 2.75) is 0 Å². The summed E-state index contributed by atoms with van der Waals surface area (Å²) in [7, 11) is 0. The Hall–Kier alpha value is -1.35. The first-order valence-corrected chi connectivity index (χ1v) is 4.80. The zero-order valence-corrected chi connectivity index (χ0v) is 7.64. The molecule has 2 aromatic rings. The second kappa shape index (κ2) is 3.18. The van der Waals surface area contributed by atoms with Crippen LogP contribution >= 0.6 is 11.3 Å². The maximum atomic E-state index is 13.0. The molecule has 13 heavy (non-hydrogen) atoms. The van der Waals surface area contributed by atoms with Crippen molar-refractivity contribution in [1.82, 2.24) is 0 Å². The van der Waals surface area contributed by atoms with Crippen molar-refractivity contribution in [2.24, 2.45) is 0 Å². The fourth-order valence-corrected chi connectivity index (χ4v) is 1.86. The van der Waals surface area contributed by atoms with Gasteiger partial charge in [0.05, 0.1) is 5.69 Å². The molecule has 3 heteroatoms. The number of hydrogen-bond acceptors (Lipinski definition) is 2. The lowest BCUT2D eigenvalue weighted by Gasteiger charge is -2.03. The van der Waals surface area contributed by atoms with Crippen molar-refractivity contribution in [3.8, 4) is 11.1 Å². The van der Waals surface area contributed by atoms with Crippen LogP contribution in [0.2, 0.25) is 0 Å². The summed E-state index contributed by atoms with van der Waals surface area (Å²) in [6.45, 7) is 0. The first kappa shape index (κ1) is 8.26. The fraction of sp³-hybridized carbons (Fsp3) is 0. The smallest absolute Gasteiger partial charge is 0.146 e. The van der Waals surface area contributed by atoms with Gasteiger partial charge in [0.15, 0.2) is 0 Å². The van der Waals surface area contributed by atoms with Gasteiger partial charge in [0.2, 0.25) is 0 Å². The molecule has 0 saturated carbocycles. The Bertz CT molecular complexity index is 409. The van der Waals surface area contributed by atoms with Crippen LogP contribution in [-0.2, 0) is 0 Å². The molecule has 0 atom stereocenters. The van der Waals surface area contributed by atoms with E-state index in [0.717, 1.165) is 11.1 Å². The molecule has 1 aromatic heterocycles. The maximum absolute atomic E-state index is 13.0. The van der Waals surface area contributed by atoms with Gasteiger partial charge < -0.3 is 5.73 Å². The number of benzene rings is 1. The van der Waals surface area contributed by atoms with Crippen LogP contribution in [-0.4, -0.2) is 0 Å². The Morgan fingerprint density at radius 1 is 1.23 bits per heavy atom. The lowest BCUT2D eigenvalue weighted by molar-refractivity contribution is 0.633. The Kier molecular flexibility index (Phi) is 2.02. The SMILES string of the molecule is Nc1c(F)cccc1-c1ccsc1. The average molecular weight is 193 g/mol. The minimum absolute atomic E-state index is 0.223. The van der Waals surface area contributed by atoms with Gasteiger partial charge in [-0.15, -0.1) is 0 Å². The molecule has 0 fully saturated rings. The summed E-state index contributed by atoms with van der Waals surface area (Å²) in [5, 5.41) is 3.89. The standard InChI is InChI=1S/C10H8FNS/c11-9-3-1-2-8(10(9)12)7-4-5-13-6-7/h1-6H,12H2. The van der Waals surface area contributed by atoms with Gasteiger partial charge in [0.25, 0.3) is 0 Å². The van der Waals surface area contributed by atoms with E-state index in [1.165, 1.54) is 6.07 Å². The molecule has 1 nitrogen and oxygen atoms in total. The van der Waals surface area contributed by atoms with Crippen molar-refractivity contribution in [1.29, 1.82) is 0 Å². The summed E-state index contributed by atoms with van der Waals surface area (Å²) in [6, 6.07) is 6.78. The molecular weight excluding hydrogens is 185 g/mol. The largest absolute Gasteiger partial charge is 0.396 e. The highest BCUT2D eigenvalue weighted by molar-refractivity contribution is 7.08.